The summed E-state index contributed by atoms with van der Waals surface area (Å²) in [6, 6.07) is 0.468. The molecule has 0 bridgehead atoms. The van der Waals surface area contributed by atoms with E-state index in [2.05, 4.69) is 10.1 Å². The van der Waals surface area contributed by atoms with Gasteiger partial charge in [-0.25, -0.2) is 8.78 Å². The van der Waals surface area contributed by atoms with Crippen molar-refractivity contribution in [1.29, 1.82) is 0 Å². The summed E-state index contributed by atoms with van der Waals surface area (Å²) in [6.45, 7) is 4.41. The second-order valence-corrected chi connectivity index (χ2v) is 5.99. The van der Waals surface area contributed by atoms with Crippen molar-refractivity contribution in [2.24, 2.45) is 0 Å². The first-order valence-corrected chi connectivity index (χ1v) is 7.97. The molecule has 0 spiro atoms. The molecular formula is C16H16F3N3O4. The van der Waals surface area contributed by atoms with Crippen molar-refractivity contribution in [3.05, 3.63) is 29.3 Å². The Morgan fingerprint density at radius 2 is 2.08 bits per heavy atom. The fourth-order valence-electron chi connectivity index (χ4n) is 2.74. The van der Waals surface area contributed by atoms with Crippen LogP contribution in [0.4, 0.5) is 13.2 Å². The van der Waals surface area contributed by atoms with Crippen molar-refractivity contribution in [2.45, 2.75) is 32.5 Å². The summed E-state index contributed by atoms with van der Waals surface area (Å²) in [6.07, 6.45) is 0.407. The molecule has 0 aliphatic carbocycles. The van der Waals surface area contributed by atoms with Crippen LogP contribution in [0, 0.1) is 17.5 Å². The number of carbonyl (C=O) groups is 1. The monoisotopic (exact) mass is 371 g/mol. The Kier molecular flexibility index (Phi) is 4.86. The van der Waals surface area contributed by atoms with E-state index in [-0.39, 0.29) is 18.0 Å². The molecule has 0 unspecified atom stereocenters. The second kappa shape index (κ2) is 6.94. The lowest BCUT2D eigenvalue weighted by Crippen LogP contribution is -2.49. The maximum Gasteiger partial charge on any atom is 0.295 e. The summed E-state index contributed by atoms with van der Waals surface area (Å²) in [7, 11) is 0. The van der Waals surface area contributed by atoms with Crippen molar-refractivity contribution in [3.8, 4) is 17.2 Å². The summed E-state index contributed by atoms with van der Waals surface area (Å²) in [4.78, 5) is 17.8. The summed E-state index contributed by atoms with van der Waals surface area (Å²) >= 11 is 0. The fourth-order valence-corrected chi connectivity index (χ4v) is 2.74. The van der Waals surface area contributed by atoms with E-state index in [1.165, 1.54) is 4.90 Å². The van der Waals surface area contributed by atoms with Crippen LogP contribution in [-0.4, -0.2) is 51.4 Å². The Labute approximate surface area is 146 Å². The van der Waals surface area contributed by atoms with Gasteiger partial charge < -0.3 is 19.3 Å². The first-order valence-electron chi connectivity index (χ1n) is 7.97. The molecule has 1 fully saturated rings. The van der Waals surface area contributed by atoms with Gasteiger partial charge in [-0.15, -0.1) is 0 Å². The summed E-state index contributed by atoms with van der Waals surface area (Å²) < 4.78 is 51.0. The van der Waals surface area contributed by atoms with E-state index >= 15 is 0 Å². The molecule has 26 heavy (non-hydrogen) atoms. The molecule has 3 rings (SSSR count). The Hall–Kier alpha value is -2.62. The maximum absolute atomic E-state index is 13.9. The summed E-state index contributed by atoms with van der Waals surface area (Å²) in [5.41, 5.74) is -0.644. The average molecular weight is 371 g/mol. The van der Waals surface area contributed by atoms with Gasteiger partial charge in [0.05, 0.1) is 17.8 Å². The van der Waals surface area contributed by atoms with Gasteiger partial charge in [-0.2, -0.15) is 9.37 Å². The highest BCUT2D eigenvalue weighted by atomic mass is 19.2. The summed E-state index contributed by atoms with van der Waals surface area (Å²) in [5.74, 6) is -7.63. The zero-order chi connectivity index (χ0) is 19.0. The number of carbonyl (C=O) groups excluding carboxylic acids is 1. The van der Waals surface area contributed by atoms with E-state index in [9.17, 15) is 23.1 Å². The van der Waals surface area contributed by atoms with Crippen molar-refractivity contribution in [2.75, 3.05) is 13.1 Å². The van der Waals surface area contributed by atoms with Crippen molar-refractivity contribution >= 4 is 5.91 Å². The predicted molar refractivity (Wildman–Crippen MR) is 81.8 cm³/mol. The first-order chi connectivity index (χ1) is 12.3. The Bertz CT molecular complexity index is 842. The van der Waals surface area contributed by atoms with E-state index in [4.69, 9.17) is 9.26 Å². The van der Waals surface area contributed by atoms with Crippen LogP contribution in [0.25, 0.3) is 11.5 Å². The van der Waals surface area contributed by atoms with Gasteiger partial charge in [-0.3, -0.25) is 4.79 Å². The lowest BCUT2D eigenvalue weighted by molar-refractivity contribution is -0.0684. The van der Waals surface area contributed by atoms with Crippen LogP contribution in [0.1, 0.15) is 30.9 Å². The number of amides is 1. The standard InChI is InChI=1S/C16H16F3N3O4/c1-3-8-6-22(5-7(2)25-8)16(24)14-20-15(26-21-14)9-4-10(17)12(19)13(23)11(9)18/h4,7-8,23H,3,5-6H2,1-2H3/t7-,8+/m1/s1. The van der Waals surface area contributed by atoms with Gasteiger partial charge >= 0.3 is 0 Å². The third-order valence-electron chi connectivity index (χ3n) is 4.05. The van der Waals surface area contributed by atoms with Gasteiger partial charge in [-0.1, -0.05) is 12.1 Å². The third-order valence-corrected chi connectivity index (χ3v) is 4.05. The molecule has 7 nitrogen and oxygen atoms in total. The molecule has 1 saturated heterocycles. The first kappa shape index (κ1) is 18.2. The van der Waals surface area contributed by atoms with Crippen LogP contribution < -0.4 is 0 Å². The van der Waals surface area contributed by atoms with Crippen LogP contribution in [0.2, 0.25) is 0 Å². The number of nitrogens with zero attached hydrogens (tertiary/aromatic N) is 3. The molecule has 1 aromatic carbocycles. The minimum absolute atomic E-state index is 0.130. The predicted octanol–water partition coefficient (Wildman–Crippen LogP) is 2.50. The molecule has 2 atom stereocenters. The van der Waals surface area contributed by atoms with Gasteiger partial charge in [0.2, 0.25) is 5.82 Å². The number of phenolic OH excluding ortho intramolecular Hbond substituents is 1. The number of aromatic nitrogens is 2. The number of aromatic hydroxyl groups is 1. The van der Waals surface area contributed by atoms with Crippen LogP contribution in [0.5, 0.6) is 5.75 Å². The molecule has 10 heteroatoms. The highest BCUT2D eigenvalue weighted by molar-refractivity contribution is 5.90. The molecule has 2 aromatic rings. The number of ether oxygens (including phenoxy) is 1. The molecule has 0 radical (unpaired) electrons. The molecule has 2 heterocycles. The molecular weight excluding hydrogens is 355 g/mol. The SMILES string of the molecule is CC[C@H]1CN(C(=O)c2noc(-c3cc(F)c(F)c(O)c3F)n2)C[C@@H](C)O1. The zero-order valence-corrected chi connectivity index (χ0v) is 14.0. The summed E-state index contributed by atoms with van der Waals surface area (Å²) in [5, 5.41) is 12.7. The minimum atomic E-state index is -1.73. The van der Waals surface area contributed by atoms with Crippen LogP contribution in [0.3, 0.4) is 0 Å². The molecule has 140 valence electrons. The Morgan fingerprint density at radius 1 is 1.35 bits per heavy atom. The van der Waals surface area contributed by atoms with E-state index in [0.717, 1.165) is 0 Å². The van der Waals surface area contributed by atoms with Gasteiger partial charge in [0.15, 0.2) is 17.4 Å². The van der Waals surface area contributed by atoms with Crippen molar-refractivity contribution < 1.29 is 32.3 Å². The van der Waals surface area contributed by atoms with E-state index < -0.39 is 40.6 Å². The number of hydrogen-bond donors (Lipinski definition) is 1. The van der Waals surface area contributed by atoms with Crippen LogP contribution in [0.15, 0.2) is 10.6 Å². The van der Waals surface area contributed by atoms with Gasteiger partial charge in [0.1, 0.15) is 0 Å². The zero-order valence-electron chi connectivity index (χ0n) is 14.0. The average Bonchev–Trinajstić information content (AvgIpc) is 3.11. The van der Waals surface area contributed by atoms with E-state index in [1.807, 2.05) is 13.8 Å². The number of phenols is 1. The normalized spacial score (nSPS) is 20.4. The molecule has 1 aromatic heterocycles. The van der Waals surface area contributed by atoms with E-state index in [1.54, 1.807) is 0 Å². The van der Waals surface area contributed by atoms with Gasteiger partial charge in [0, 0.05) is 13.1 Å². The lowest BCUT2D eigenvalue weighted by atomic mass is 10.1. The van der Waals surface area contributed by atoms with Crippen molar-refractivity contribution in [1.82, 2.24) is 15.0 Å². The number of hydrogen-bond acceptors (Lipinski definition) is 6. The molecule has 1 amide bonds. The number of rotatable bonds is 3. The number of morpholine rings is 1. The lowest BCUT2D eigenvalue weighted by Gasteiger charge is -2.35. The van der Waals surface area contributed by atoms with Crippen molar-refractivity contribution in [3.63, 3.8) is 0 Å². The fraction of sp³-hybridized carbons (Fsp3) is 0.438. The Balaban J connectivity index is 1.87. The van der Waals surface area contributed by atoms with E-state index in [0.29, 0.717) is 25.6 Å². The molecule has 0 saturated carbocycles. The van der Waals surface area contributed by atoms with Gasteiger partial charge in [0.25, 0.3) is 17.6 Å². The van der Waals surface area contributed by atoms with Gasteiger partial charge in [-0.05, 0) is 19.4 Å². The third kappa shape index (κ3) is 3.24. The topological polar surface area (TPSA) is 88.7 Å². The second-order valence-electron chi connectivity index (χ2n) is 5.99. The highest BCUT2D eigenvalue weighted by Gasteiger charge is 2.31. The minimum Gasteiger partial charge on any atom is -0.503 e. The number of halogens is 3. The molecule has 1 N–H and O–H groups in total. The van der Waals surface area contributed by atoms with Crippen LogP contribution in [-0.2, 0) is 4.74 Å². The molecule has 1 aliphatic heterocycles. The Morgan fingerprint density at radius 3 is 2.77 bits per heavy atom. The van der Waals surface area contributed by atoms with Crippen LogP contribution >= 0.6 is 0 Å². The molecule has 1 aliphatic rings. The highest BCUT2D eigenvalue weighted by Crippen LogP contribution is 2.31. The maximum atomic E-state index is 13.9. The smallest absolute Gasteiger partial charge is 0.295 e. The number of benzene rings is 1. The quantitative estimate of drug-likeness (QED) is 0.834. The largest absolute Gasteiger partial charge is 0.503 e.